The van der Waals surface area contributed by atoms with Gasteiger partial charge in [-0.15, -0.1) is 4.83 Å². The van der Waals surface area contributed by atoms with Crippen LogP contribution in [0, 0.1) is 5.92 Å². The van der Waals surface area contributed by atoms with Gasteiger partial charge in [-0.25, -0.2) is 26.1 Å². The fraction of sp³-hybridized carbons (Fsp3) is 0.562. The monoisotopic (exact) mass is 697 g/mol. The molecule has 0 bridgehead atoms. The van der Waals surface area contributed by atoms with Crippen LogP contribution in [0.2, 0.25) is 0 Å². The summed E-state index contributed by atoms with van der Waals surface area (Å²) >= 11 is 0. The molecule has 2 aromatic carbocycles. The van der Waals surface area contributed by atoms with Crippen molar-refractivity contribution in [1.29, 1.82) is 0 Å². The number of benzene rings is 2. The van der Waals surface area contributed by atoms with Gasteiger partial charge in [0.15, 0.2) is 0 Å². The first-order valence-electron chi connectivity index (χ1n) is 15.8. The highest BCUT2D eigenvalue weighted by atomic mass is 32.2. The van der Waals surface area contributed by atoms with Crippen LogP contribution in [0.15, 0.2) is 47.4 Å². The lowest BCUT2D eigenvalue weighted by molar-refractivity contribution is 0.0634. The van der Waals surface area contributed by atoms with Crippen LogP contribution in [-0.2, 0) is 26.5 Å². The summed E-state index contributed by atoms with van der Waals surface area (Å²) in [6.07, 6.45) is 0.169. The van der Waals surface area contributed by atoms with Crippen molar-refractivity contribution in [3.05, 3.63) is 59.2 Å². The number of rotatable bonds is 19. The summed E-state index contributed by atoms with van der Waals surface area (Å²) in [5.41, 5.74) is 0.592. The molecule has 0 aliphatic rings. The number of nitrogens with one attached hydrogen (secondary N) is 2. The number of nitrogens with zero attached hydrogens (tertiary/aromatic N) is 3. The number of hydrogen-bond acceptors (Lipinski definition) is 9. The fourth-order valence-corrected chi connectivity index (χ4v) is 7.45. The van der Waals surface area contributed by atoms with E-state index in [9.17, 15) is 36.6 Å². The molecule has 2 atom stereocenters. The Hall–Kier alpha value is -3.08. The van der Waals surface area contributed by atoms with E-state index in [2.05, 4.69) is 10.1 Å². The molecule has 0 radical (unpaired) electrons. The second-order valence-electron chi connectivity index (χ2n) is 12.1. The van der Waals surface area contributed by atoms with Gasteiger partial charge in [0, 0.05) is 51.4 Å². The van der Waals surface area contributed by atoms with Gasteiger partial charge in [0.05, 0.1) is 22.8 Å². The summed E-state index contributed by atoms with van der Waals surface area (Å²) in [5.74, 6) is -1.36. The third-order valence-electron chi connectivity index (χ3n) is 7.25. The molecule has 47 heavy (non-hydrogen) atoms. The molecule has 0 heterocycles. The minimum absolute atomic E-state index is 0.0305. The summed E-state index contributed by atoms with van der Waals surface area (Å²) in [4.78, 5) is 31.2. The number of amides is 2. The molecule has 2 rings (SSSR count). The van der Waals surface area contributed by atoms with E-state index in [-0.39, 0.29) is 53.0 Å². The quantitative estimate of drug-likeness (QED) is 0.161. The number of phenols is 1. The summed E-state index contributed by atoms with van der Waals surface area (Å²) in [7, 11) is -5.04. The molecule has 2 amide bonds. The van der Waals surface area contributed by atoms with Gasteiger partial charge >= 0.3 is 0 Å². The molecule has 2 aromatic rings. The zero-order chi connectivity index (χ0) is 35.5. The standard InChI is InChI=1S/C32H51N5O8S2/c1-8-15-36(16-9-2)32(41)26-18-25(19-28(20-26)47(44,45)35(6)7)31(40)33-29(17-24-11-13-27(38)14-12-24)30(39)21-37(10-3)34-46(42,43)22-23(4)5/h11-14,18-20,23,29-30,34,38-39H,8-10,15-17,21-22H2,1-7H3,(H,33,40). The minimum atomic E-state index is -4.04. The third-order valence-corrected chi connectivity index (χ3v) is 10.7. The number of likely N-dealkylation sites (N-methyl/N-ethyl adjacent to an activating group) is 1. The SMILES string of the molecule is CCCN(CCC)C(=O)c1cc(C(=O)NC(Cc2ccc(O)cc2)C(O)CN(CC)NS(=O)(=O)CC(C)C)cc(S(=O)(=O)N(C)C)c1. The zero-order valence-corrected chi connectivity index (χ0v) is 30.1. The Morgan fingerprint density at radius 3 is 1.98 bits per heavy atom. The first-order valence-corrected chi connectivity index (χ1v) is 18.9. The lowest BCUT2D eigenvalue weighted by atomic mass is 10.00. The van der Waals surface area contributed by atoms with Gasteiger partial charge in [0.1, 0.15) is 5.75 Å². The Balaban J connectivity index is 2.54. The summed E-state index contributed by atoms with van der Waals surface area (Å²) < 4.78 is 52.6. The lowest BCUT2D eigenvalue weighted by Gasteiger charge is -2.30. The molecule has 15 heteroatoms. The van der Waals surface area contributed by atoms with Gasteiger partial charge < -0.3 is 20.4 Å². The zero-order valence-electron chi connectivity index (χ0n) is 28.4. The number of hydrazine groups is 1. The fourth-order valence-electron chi connectivity index (χ4n) is 4.93. The minimum Gasteiger partial charge on any atom is -0.508 e. The molecule has 4 N–H and O–H groups in total. The predicted octanol–water partition coefficient (Wildman–Crippen LogP) is 2.42. The number of aromatic hydroxyl groups is 1. The molecule has 0 aromatic heterocycles. The van der Waals surface area contributed by atoms with Gasteiger partial charge in [-0.3, -0.25) is 9.59 Å². The van der Waals surface area contributed by atoms with Crippen LogP contribution in [0.4, 0.5) is 0 Å². The summed E-state index contributed by atoms with van der Waals surface area (Å²) in [6.45, 7) is 10.1. The average Bonchev–Trinajstić information content (AvgIpc) is 2.99. The molecule has 13 nitrogen and oxygen atoms in total. The Labute approximate surface area is 280 Å². The van der Waals surface area contributed by atoms with Gasteiger partial charge in [-0.2, -0.15) is 0 Å². The van der Waals surface area contributed by atoms with E-state index < -0.39 is 44.0 Å². The van der Waals surface area contributed by atoms with Crippen molar-refractivity contribution in [1.82, 2.24) is 24.4 Å². The maximum absolute atomic E-state index is 13.8. The largest absolute Gasteiger partial charge is 0.508 e. The molecular weight excluding hydrogens is 647 g/mol. The number of phenolic OH excluding ortho intramolecular Hbond substituents is 1. The molecule has 264 valence electrons. The molecule has 0 aliphatic heterocycles. The lowest BCUT2D eigenvalue weighted by Crippen LogP contribution is -2.53. The van der Waals surface area contributed by atoms with Crippen LogP contribution in [0.5, 0.6) is 5.75 Å². The van der Waals surface area contributed by atoms with Crippen LogP contribution in [0.1, 0.15) is 73.7 Å². The summed E-state index contributed by atoms with van der Waals surface area (Å²) in [6, 6.07) is 8.98. The number of hydrogen-bond donors (Lipinski definition) is 4. The maximum atomic E-state index is 13.8. The normalized spacial score (nSPS) is 13.6. The predicted molar refractivity (Wildman–Crippen MR) is 182 cm³/mol. The van der Waals surface area contributed by atoms with Crippen LogP contribution in [0.3, 0.4) is 0 Å². The third kappa shape index (κ3) is 12.1. The van der Waals surface area contributed by atoms with E-state index in [1.165, 1.54) is 49.4 Å². The van der Waals surface area contributed by atoms with Crippen LogP contribution >= 0.6 is 0 Å². The second kappa shape index (κ2) is 17.9. The molecule has 0 spiro atoms. The number of carbonyl (C=O) groups is 2. The van der Waals surface area contributed by atoms with Crippen molar-refractivity contribution in [2.45, 2.75) is 70.9 Å². The highest BCUT2D eigenvalue weighted by Gasteiger charge is 2.29. The van der Waals surface area contributed by atoms with Crippen LogP contribution in [0.25, 0.3) is 0 Å². The van der Waals surface area contributed by atoms with E-state index in [1.54, 1.807) is 37.8 Å². The molecule has 0 fully saturated rings. The topological polar surface area (TPSA) is 177 Å². The van der Waals surface area contributed by atoms with Crippen molar-refractivity contribution in [3.63, 3.8) is 0 Å². The van der Waals surface area contributed by atoms with Gasteiger partial charge in [-0.1, -0.05) is 46.8 Å². The van der Waals surface area contributed by atoms with E-state index >= 15 is 0 Å². The van der Waals surface area contributed by atoms with Crippen LogP contribution in [-0.4, -0.2) is 111 Å². The summed E-state index contributed by atoms with van der Waals surface area (Å²) in [5, 5.41) is 25.3. The van der Waals surface area contributed by atoms with Gasteiger partial charge in [0.2, 0.25) is 20.0 Å². The average molecular weight is 698 g/mol. The molecule has 2 unspecified atom stereocenters. The Morgan fingerprint density at radius 2 is 1.47 bits per heavy atom. The van der Waals surface area contributed by atoms with E-state index in [4.69, 9.17) is 0 Å². The molecule has 0 saturated heterocycles. The highest BCUT2D eigenvalue weighted by molar-refractivity contribution is 7.89. The number of aliphatic hydroxyl groups excluding tert-OH is 1. The van der Waals surface area contributed by atoms with Crippen LogP contribution < -0.4 is 10.1 Å². The van der Waals surface area contributed by atoms with Crippen molar-refractivity contribution in [2.75, 3.05) is 46.0 Å². The first-order chi connectivity index (χ1) is 21.9. The molecule has 0 aliphatic carbocycles. The smallest absolute Gasteiger partial charge is 0.253 e. The second-order valence-corrected chi connectivity index (χ2v) is 16.0. The number of carbonyl (C=O) groups excluding carboxylic acids is 2. The molecule has 0 saturated carbocycles. The maximum Gasteiger partial charge on any atom is 0.253 e. The number of sulfonamides is 2. The van der Waals surface area contributed by atoms with Crippen molar-refractivity contribution >= 4 is 31.9 Å². The van der Waals surface area contributed by atoms with E-state index in [0.717, 1.165) is 4.31 Å². The highest BCUT2D eigenvalue weighted by Crippen LogP contribution is 2.21. The van der Waals surface area contributed by atoms with Gasteiger partial charge in [0.25, 0.3) is 11.8 Å². The Kier molecular flexibility index (Phi) is 15.3. The van der Waals surface area contributed by atoms with Crippen molar-refractivity contribution in [2.24, 2.45) is 5.92 Å². The molecular formula is C32H51N5O8S2. The van der Waals surface area contributed by atoms with Crippen molar-refractivity contribution in [3.8, 4) is 5.75 Å². The number of aliphatic hydroxyl groups is 1. The van der Waals surface area contributed by atoms with E-state index in [0.29, 0.717) is 31.5 Å². The van der Waals surface area contributed by atoms with Gasteiger partial charge in [-0.05, 0) is 61.1 Å². The van der Waals surface area contributed by atoms with Crippen molar-refractivity contribution < 1.29 is 36.6 Å². The first kappa shape index (κ1) is 40.1. The Morgan fingerprint density at radius 1 is 0.894 bits per heavy atom. The Bertz CT molecular complexity index is 1540. The van der Waals surface area contributed by atoms with E-state index in [1.807, 2.05) is 13.8 Å².